The van der Waals surface area contributed by atoms with Crippen LogP contribution < -0.4 is 0 Å². The summed E-state index contributed by atoms with van der Waals surface area (Å²) in [5.41, 5.74) is 4.92. The highest BCUT2D eigenvalue weighted by atomic mass is 16.5. The standard InChI is InChI=1S/C17H19N3O3/c1-10-4-5-12(8-11(10)2)16(21)20-7-6-13-14(9-20)18-19-15(13)17(22)23-3/h4-5,8H,6-7,9H2,1-3H3,(H,18,19). The van der Waals surface area contributed by atoms with Crippen LogP contribution in [-0.4, -0.2) is 40.6 Å². The second-order valence-corrected chi connectivity index (χ2v) is 5.80. The first-order valence-corrected chi connectivity index (χ1v) is 7.52. The van der Waals surface area contributed by atoms with Crippen molar-refractivity contribution < 1.29 is 14.3 Å². The number of amides is 1. The maximum atomic E-state index is 12.7. The minimum absolute atomic E-state index is 0.00651. The number of H-pyrrole nitrogens is 1. The van der Waals surface area contributed by atoms with Gasteiger partial charge in [-0.05, 0) is 43.5 Å². The summed E-state index contributed by atoms with van der Waals surface area (Å²) in [6.45, 7) is 5.00. The number of carbonyl (C=O) groups excluding carboxylic acids is 2. The summed E-state index contributed by atoms with van der Waals surface area (Å²) < 4.78 is 4.73. The molecule has 0 saturated heterocycles. The molecule has 1 aliphatic heterocycles. The van der Waals surface area contributed by atoms with Crippen molar-refractivity contribution >= 4 is 11.9 Å². The molecule has 0 radical (unpaired) electrons. The number of benzene rings is 1. The van der Waals surface area contributed by atoms with E-state index in [9.17, 15) is 9.59 Å². The van der Waals surface area contributed by atoms with Crippen LogP contribution in [0.15, 0.2) is 18.2 Å². The zero-order chi connectivity index (χ0) is 16.6. The van der Waals surface area contributed by atoms with Crippen LogP contribution in [0.4, 0.5) is 0 Å². The summed E-state index contributed by atoms with van der Waals surface area (Å²) in [7, 11) is 1.34. The molecule has 1 aliphatic rings. The average Bonchev–Trinajstić information content (AvgIpc) is 2.99. The Morgan fingerprint density at radius 2 is 2.04 bits per heavy atom. The molecule has 0 unspecified atom stereocenters. The first-order valence-electron chi connectivity index (χ1n) is 7.52. The van der Waals surface area contributed by atoms with Crippen molar-refractivity contribution in [2.45, 2.75) is 26.8 Å². The minimum atomic E-state index is -0.448. The van der Waals surface area contributed by atoms with Crippen molar-refractivity contribution in [3.05, 3.63) is 51.8 Å². The number of aromatic amines is 1. The third-order valence-electron chi connectivity index (χ3n) is 4.35. The molecule has 1 aromatic heterocycles. The molecule has 0 atom stereocenters. The van der Waals surface area contributed by atoms with Gasteiger partial charge in [0.25, 0.3) is 5.91 Å². The molecule has 1 amide bonds. The van der Waals surface area contributed by atoms with Crippen molar-refractivity contribution in [2.24, 2.45) is 0 Å². The fourth-order valence-electron chi connectivity index (χ4n) is 2.81. The molecule has 6 heteroatoms. The molecule has 1 N–H and O–H groups in total. The van der Waals surface area contributed by atoms with Gasteiger partial charge in [0, 0.05) is 17.7 Å². The molecule has 2 heterocycles. The first kappa shape index (κ1) is 15.3. The summed E-state index contributed by atoms with van der Waals surface area (Å²) in [4.78, 5) is 26.1. The molecular formula is C17H19N3O3. The summed E-state index contributed by atoms with van der Waals surface area (Å²) in [5.74, 6) is -0.454. The monoisotopic (exact) mass is 313 g/mol. The molecule has 0 aliphatic carbocycles. The lowest BCUT2D eigenvalue weighted by Gasteiger charge is -2.27. The number of methoxy groups -OCH3 is 1. The van der Waals surface area contributed by atoms with E-state index in [1.165, 1.54) is 12.7 Å². The molecule has 0 saturated carbocycles. The van der Waals surface area contributed by atoms with Crippen LogP contribution >= 0.6 is 0 Å². The maximum absolute atomic E-state index is 12.7. The number of aryl methyl sites for hydroxylation is 2. The van der Waals surface area contributed by atoms with Crippen molar-refractivity contribution in [3.8, 4) is 0 Å². The third kappa shape index (κ3) is 2.72. The van der Waals surface area contributed by atoms with Crippen LogP contribution in [0.3, 0.4) is 0 Å². The number of esters is 1. The highest BCUT2D eigenvalue weighted by Gasteiger charge is 2.28. The van der Waals surface area contributed by atoms with Crippen LogP contribution in [0.5, 0.6) is 0 Å². The number of hydrogen-bond acceptors (Lipinski definition) is 4. The quantitative estimate of drug-likeness (QED) is 0.861. The summed E-state index contributed by atoms with van der Waals surface area (Å²) in [6.07, 6.45) is 0.590. The summed E-state index contributed by atoms with van der Waals surface area (Å²) in [6, 6.07) is 5.73. The van der Waals surface area contributed by atoms with E-state index in [-0.39, 0.29) is 5.91 Å². The van der Waals surface area contributed by atoms with E-state index in [0.29, 0.717) is 30.8 Å². The largest absolute Gasteiger partial charge is 0.464 e. The van der Waals surface area contributed by atoms with Gasteiger partial charge in [-0.1, -0.05) is 6.07 Å². The summed E-state index contributed by atoms with van der Waals surface area (Å²) >= 11 is 0. The van der Waals surface area contributed by atoms with E-state index in [0.717, 1.165) is 16.8 Å². The SMILES string of the molecule is COC(=O)c1n[nH]c2c1CCN(C(=O)c1ccc(C)c(C)c1)C2. The highest BCUT2D eigenvalue weighted by molar-refractivity contribution is 5.95. The van der Waals surface area contributed by atoms with Gasteiger partial charge >= 0.3 is 5.97 Å². The van der Waals surface area contributed by atoms with E-state index < -0.39 is 5.97 Å². The van der Waals surface area contributed by atoms with Crippen LogP contribution in [-0.2, 0) is 17.7 Å². The Morgan fingerprint density at radius 3 is 2.74 bits per heavy atom. The molecule has 0 spiro atoms. The number of hydrogen-bond donors (Lipinski definition) is 1. The van der Waals surface area contributed by atoms with Crippen LogP contribution in [0.2, 0.25) is 0 Å². The van der Waals surface area contributed by atoms with Gasteiger partial charge in [-0.3, -0.25) is 9.89 Å². The van der Waals surface area contributed by atoms with Crippen molar-refractivity contribution in [2.75, 3.05) is 13.7 Å². The number of fused-ring (bicyclic) bond motifs is 1. The topological polar surface area (TPSA) is 75.3 Å². The number of ether oxygens (including phenoxy) is 1. The molecular weight excluding hydrogens is 294 g/mol. The van der Waals surface area contributed by atoms with Gasteiger partial charge in [-0.2, -0.15) is 5.10 Å². The Morgan fingerprint density at radius 1 is 1.26 bits per heavy atom. The molecule has 0 bridgehead atoms. The number of rotatable bonds is 2. The Labute approximate surface area is 134 Å². The second kappa shape index (κ2) is 5.87. The number of carbonyl (C=O) groups is 2. The Hall–Kier alpha value is -2.63. The van der Waals surface area contributed by atoms with Crippen molar-refractivity contribution in [1.82, 2.24) is 15.1 Å². The van der Waals surface area contributed by atoms with Crippen LogP contribution in [0.1, 0.15) is 43.2 Å². The summed E-state index contributed by atoms with van der Waals surface area (Å²) in [5, 5.41) is 6.88. The van der Waals surface area contributed by atoms with Gasteiger partial charge < -0.3 is 9.64 Å². The Balaban J connectivity index is 1.82. The lowest BCUT2D eigenvalue weighted by atomic mass is 10.0. The molecule has 120 valence electrons. The minimum Gasteiger partial charge on any atom is -0.464 e. The van der Waals surface area contributed by atoms with E-state index >= 15 is 0 Å². The Kier molecular flexibility index (Phi) is 3.90. The van der Waals surface area contributed by atoms with E-state index in [1.54, 1.807) is 4.90 Å². The number of nitrogens with one attached hydrogen (secondary N) is 1. The third-order valence-corrected chi connectivity index (χ3v) is 4.35. The van der Waals surface area contributed by atoms with Gasteiger partial charge in [0.2, 0.25) is 0 Å². The van der Waals surface area contributed by atoms with E-state index in [1.807, 2.05) is 32.0 Å². The second-order valence-electron chi connectivity index (χ2n) is 5.80. The zero-order valence-corrected chi connectivity index (χ0v) is 13.5. The lowest BCUT2D eigenvalue weighted by molar-refractivity contribution is 0.0592. The number of aromatic nitrogens is 2. The van der Waals surface area contributed by atoms with Crippen LogP contribution in [0, 0.1) is 13.8 Å². The smallest absolute Gasteiger partial charge is 0.358 e. The molecule has 2 aromatic rings. The van der Waals surface area contributed by atoms with Gasteiger partial charge in [0.05, 0.1) is 19.3 Å². The van der Waals surface area contributed by atoms with Crippen molar-refractivity contribution in [3.63, 3.8) is 0 Å². The van der Waals surface area contributed by atoms with Crippen molar-refractivity contribution in [1.29, 1.82) is 0 Å². The number of nitrogens with zero attached hydrogens (tertiary/aromatic N) is 2. The fourth-order valence-corrected chi connectivity index (χ4v) is 2.81. The molecule has 23 heavy (non-hydrogen) atoms. The van der Waals surface area contributed by atoms with Crippen LogP contribution in [0.25, 0.3) is 0 Å². The fraction of sp³-hybridized carbons (Fsp3) is 0.353. The predicted octanol–water partition coefficient (Wildman–Crippen LogP) is 2.01. The predicted molar refractivity (Wildman–Crippen MR) is 84.3 cm³/mol. The zero-order valence-electron chi connectivity index (χ0n) is 13.5. The maximum Gasteiger partial charge on any atom is 0.358 e. The van der Waals surface area contributed by atoms with Gasteiger partial charge in [-0.15, -0.1) is 0 Å². The highest BCUT2D eigenvalue weighted by Crippen LogP contribution is 2.22. The van der Waals surface area contributed by atoms with E-state index in [2.05, 4.69) is 10.2 Å². The Bertz CT molecular complexity index is 779. The van der Waals surface area contributed by atoms with E-state index in [4.69, 9.17) is 4.74 Å². The lowest BCUT2D eigenvalue weighted by Crippen LogP contribution is -2.36. The molecule has 3 rings (SSSR count). The van der Waals surface area contributed by atoms with Gasteiger partial charge in [0.1, 0.15) is 0 Å². The average molecular weight is 313 g/mol. The first-order chi connectivity index (χ1) is 11.0. The van der Waals surface area contributed by atoms with Gasteiger partial charge in [0.15, 0.2) is 5.69 Å². The molecule has 1 aromatic carbocycles. The van der Waals surface area contributed by atoms with Gasteiger partial charge in [-0.25, -0.2) is 4.79 Å². The normalized spacial score (nSPS) is 13.6. The molecule has 0 fully saturated rings. The molecule has 6 nitrogen and oxygen atoms in total.